The summed E-state index contributed by atoms with van der Waals surface area (Å²) in [6.07, 6.45) is 8.05. The topological polar surface area (TPSA) is 21.3 Å². The Morgan fingerprint density at radius 2 is 2.10 bits per heavy atom. The van der Waals surface area contributed by atoms with Crippen LogP contribution in [0.3, 0.4) is 0 Å². The minimum Gasteiger partial charge on any atom is -0.493 e. The Morgan fingerprint density at radius 1 is 1.24 bits per heavy atom. The highest BCUT2D eigenvalue weighted by Gasteiger charge is 2.32. The number of rotatable bonds is 5. The van der Waals surface area contributed by atoms with E-state index >= 15 is 0 Å². The average molecular weight is 287 g/mol. The van der Waals surface area contributed by atoms with Gasteiger partial charge in [-0.2, -0.15) is 0 Å². The summed E-state index contributed by atoms with van der Waals surface area (Å²) in [6, 6.07) is 9.28. The van der Waals surface area contributed by atoms with Gasteiger partial charge in [0.05, 0.1) is 6.61 Å². The summed E-state index contributed by atoms with van der Waals surface area (Å²) >= 11 is 0. The van der Waals surface area contributed by atoms with Crippen molar-refractivity contribution in [1.29, 1.82) is 0 Å². The van der Waals surface area contributed by atoms with Crippen molar-refractivity contribution in [2.75, 3.05) is 13.7 Å². The molecular weight excluding hydrogens is 258 g/mol. The van der Waals surface area contributed by atoms with Gasteiger partial charge in [0.25, 0.3) is 0 Å². The van der Waals surface area contributed by atoms with E-state index in [9.17, 15) is 0 Å². The quantitative estimate of drug-likeness (QED) is 0.869. The largest absolute Gasteiger partial charge is 0.493 e. The van der Waals surface area contributed by atoms with Crippen LogP contribution in [0.2, 0.25) is 0 Å². The molecule has 2 heteroatoms. The van der Waals surface area contributed by atoms with Gasteiger partial charge in [0, 0.05) is 6.04 Å². The van der Waals surface area contributed by atoms with Gasteiger partial charge < -0.3 is 10.1 Å². The molecule has 1 heterocycles. The summed E-state index contributed by atoms with van der Waals surface area (Å²) in [5, 5.41) is 3.63. The third-order valence-corrected chi connectivity index (χ3v) is 5.72. The van der Waals surface area contributed by atoms with Gasteiger partial charge in [-0.05, 0) is 62.1 Å². The third kappa shape index (κ3) is 3.26. The molecule has 2 aliphatic rings. The molecule has 1 saturated carbocycles. The van der Waals surface area contributed by atoms with Gasteiger partial charge >= 0.3 is 0 Å². The third-order valence-electron chi connectivity index (χ3n) is 5.72. The molecule has 21 heavy (non-hydrogen) atoms. The summed E-state index contributed by atoms with van der Waals surface area (Å²) in [7, 11) is 2.15. The molecular formula is C19H29NO. The molecule has 116 valence electrons. The summed E-state index contributed by atoms with van der Waals surface area (Å²) < 4.78 is 5.81. The molecule has 0 saturated heterocycles. The van der Waals surface area contributed by atoms with Crippen molar-refractivity contribution in [3.8, 4) is 5.75 Å². The second-order valence-corrected chi connectivity index (χ2v) is 6.85. The van der Waals surface area contributed by atoms with E-state index in [0.717, 1.165) is 24.2 Å². The van der Waals surface area contributed by atoms with Crippen molar-refractivity contribution in [3.63, 3.8) is 0 Å². The van der Waals surface area contributed by atoms with E-state index < -0.39 is 0 Å². The first kappa shape index (κ1) is 14.9. The fraction of sp³-hybridized carbons (Fsp3) is 0.684. The van der Waals surface area contributed by atoms with Crippen molar-refractivity contribution >= 4 is 0 Å². The normalized spacial score (nSPS) is 29.7. The first-order chi connectivity index (χ1) is 10.3. The minimum absolute atomic E-state index is 0.660. The molecule has 4 atom stereocenters. The smallest absolute Gasteiger partial charge is 0.122 e. The van der Waals surface area contributed by atoms with Crippen molar-refractivity contribution in [1.82, 2.24) is 5.32 Å². The lowest BCUT2D eigenvalue weighted by Gasteiger charge is -2.31. The van der Waals surface area contributed by atoms with Gasteiger partial charge in [-0.3, -0.25) is 0 Å². The number of hydrogen-bond donors (Lipinski definition) is 1. The number of ether oxygens (including phenoxy) is 1. The van der Waals surface area contributed by atoms with E-state index in [1.165, 1.54) is 44.1 Å². The highest BCUT2D eigenvalue weighted by atomic mass is 16.5. The molecule has 4 unspecified atom stereocenters. The molecule has 1 aromatic rings. The summed E-state index contributed by atoms with van der Waals surface area (Å²) in [5.74, 6) is 3.61. The molecule has 2 nitrogen and oxygen atoms in total. The van der Waals surface area contributed by atoms with Crippen molar-refractivity contribution < 1.29 is 4.74 Å². The van der Waals surface area contributed by atoms with Crippen LogP contribution in [0, 0.1) is 11.8 Å². The van der Waals surface area contributed by atoms with Crippen LogP contribution in [0.15, 0.2) is 24.3 Å². The van der Waals surface area contributed by atoms with Gasteiger partial charge in [-0.25, -0.2) is 0 Å². The zero-order valence-corrected chi connectivity index (χ0v) is 13.5. The van der Waals surface area contributed by atoms with Gasteiger partial charge in [0.1, 0.15) is 5.75 Å². The molecule has 0 radical (unpaired) electrons. The van der Waals surface area contributed by atoms with Crippen molar-refractivity contribution in [2.24, 2.45) is 11.8 Å². The lowest BCUT2D eigenvalue weighted by Crippen LogP contribution is -2.35. The number of para-hydroxylation sites is 1. The van der Waals surface area contributed by atoms with Gasteiger partial charge in [0.2, 0.25) is 0 Å². The maximum Gasteiger partial charge on any atom is 0.122 e. The summed E-state index contributed by atoms with van der Waals surface area (Å²) in [5.41, 5.74) is 1.43. The standard InChI is InChI=1S/C19H29NO/c1-3-14-8-9-16(12-14)18(20-2)13-15-10-11-21-19-7-5-4-6-17(15)19/h4-7,14-16,18,20H,3,8-13H2,1-2H3. The number of fused-ring (bicyclic) bond motifs is 1. The van der Waals surface area contributed by atoms with Crippen LogP contribution in [0.5, 0.6) is 5.75 Å². The fourth-order valence-corrected chi connectivity index (χ4v) is 4.36. The van der Waals surface area contributed by atoms with Gasteiger partial charge in [-0.15, -0.1) is 0 Å². The Labute approximate surface area is 129 Å². The molecule has 0 bridgehead atoms. The predicted octanol–water partition coefficient (Wildman–Crippen LogP) is 4.36. The molecule has 0 amide bonds. The maximum atomic E-state index is 5.81. The average Bonchev–Trinajstić information content (AvgIpc) is 3.01. The zero-order chi connectivity index (χ0) is 14.7. The van der Waals surface area contributed by atoms with E-state index in [1.807, 2.05) is 0 Å². The number of nitrogens with one attached hydrogen (secondary N) is 1. The first-order valence-electron chi connectivity index (χ1n) is 8.70. The van der Waals surface area contributed by atoms with Crippen LogP contribution in [-0.2, 0) is 0 Å². The highest BCUT2D eigenvalue weighted by molar-refractivity contribution is 5.37. The Kier molecular flexibility index (Phi) is 4.84. The number of benzene rings is 1. The van der Waals surface area contributed by atoms with E-state index in [0.29, 0.717) is 12.0 Å². The second kappa shape index (κ2) is 6.83. The summed E-state index contributed by atoms with van der Waals surface area (Å²) in [6.45, 7) is 3.22. The van der Waals surface area contributed by atoms with Crippen LogP contribution < -0.4 is 10.1 Å². The monoisotopic (exact) mass is 287 g/mol. The minimum atomic E-state index is 0.660. The Morgan fingerprint density at radius 3 is 2.86 bits per heavy atom. The van der Waals surface area contributed by atoms with Crippen LogP contribution in [0.25, 0.3) is 0 Å². The Balaban J connectivity index is 1.68. The van der Waals surface area contributed by atoms with E-state index in [4.69, 9.17) is 4.74 Å². The van der Waals surface area contributed by atoms with E-state index in [-0.39, 0.29) is 0 Å². The van der Waals surface area contributed by atoms with Crippen molar-refractivity contribution in [2.45, 2.75) is 57.4 Å². The first-order valence-corrected chi connectivity index (χ1v) is 8.70. The molecule has 1 fully saturated rings. The fourth-order valence-electron chi connectivity index (χ4n) is 4.36. The Bertz CT molecular complexity index is 459. The molecule has 0 spiro atoms. The second-order valence-electron chi connectivity index (χ2n) is 6.85. The highest BCUT2D eigenvalue weighted by Crippen LogP contribution is 2.41. The lowest BCUT2D eigenvalue weighted by molar-refractivity contribution is 0.242. The predicted molar refractivity (Wildman–Crippen MR) is 87.9 cm³/mol. The lowest BCUT2D eigenvalue weighted by atomic mass is 9.82. The van der Waals surface area contributed by atoms with Gasteiger partial charge in [-0.1, -0.05) is 38.0 Å². The maximum absolute atomic E-state index is 5.81. The number of hydrogen-bond acceptors (Lipinski definition) is 2. The molecule has 1 N–H and O–H groups in total. The van der Waals surface area contributed by atoms with E-state index in [2.05, 4.69) is 43.6 Å². The molecule has 1 aromatic carbocycles. The Hall–Kier alpha value is -1.02. The molecule has 1 aliphatic carbocycles. The van der Waals surface area contributed by atoms with Gasteiger partial charge in [0.15, 0.2) is 0 Å². The van der Waals surface area contributed by atoms with Crippen molar-refractivity contribution in [3.05, 3.63) is 29.8 Å². The summed E-state index contributed by atoms with van der Waals surface area (Å²) in [4.78, 5) is 0. The van der Waals surface area contributed by atoms with Crippen LogP contribution >= 0.6 is 0 Å². The molecule has 3 rings (SSSR count). The zero-order valence-electron chi connectivity index (χ0n) is 13.5. The van der Waals surface area contributed by atoms with Crippen LogP contribution in [0.4, 0.5) is 0 Å². The molecule has 1 aliphatic heterocycles. The van der Waals surface area contributed by atoms with Crippen LogP contribution in [-0.4, -0.2) is 19.7 Å². The molecule has 0 aromatic heterocycles. The van der Waals surface area contributed by atoms with E-state index in [1.54, 1.807) is 0 Å². The SMILES string of the molecule is CCC1CCC(C(CC2CCOc3ccccc32)NC)C1. The van der Waals surface area contributed by atoms with Crippen LogP contribution in [0.1, 0.15) is 56.9 Å².